The highest BCUT2D eigenvalue weighted by molar-refractivity contribution is 5.85. The Morgan fingerprint density at radius 2 is 1.96 bits per heavy atom. The van der Waals surface area contributed by atoms with Gasteiger partial charge in [0.05, 0.1) is 11.8 Å². The predicted molar refractivity (Wildman–Crippen MR) is 99.0 cm³/mol. The molecule has 2 aromatic rings. The Bertz CT molecular complexity index is 787. The first-order valence-corrected chi connectivity index (χ1v) is 8.50. The van der Waals surface area contributed by atoms with E-state index in [1.807, 2.05) is 0 Å². The zero-order chi connectivity index (χ0) is 19.4. The quantitative estimate of drug-likeness (QED) is 0.579. The molecule has 5 N–H and O–H groups in total. The number of hydrogen-bond donors (Lipinski definition) is 4. The van der Waals surface area contributed by atoms with Gasteiger partial charge in [0, 0.05) is 30.4 Å². The van der Waals surface area contributed by atoms with E-state index in [1.165, 1.54) is 12.3 Å². The molecule has 0 radical (unpaired) electrons. The van der Waals surface area contributed by atoms with E-state index in [0.29, 0.717) is 11.3 Å². The lowest BCUT2D eigenvalue weighted by molar-refractivity contribution is -0.144. The molecule has 1 saturated heterocycles. The normalized spacial score (nSPS) is 16.3. The van der Waals surface area contributed by atoms with Crippen molar-refractivity contribution in [1.29, 1.82) is 0 Å². The first-order valence-electron chi connectivity index (χ1n) is 8.50. The van der Waals surface area contributed by atoms with Crippen molar-refractivity contribution in [2.75, 3.05) is 30.7 Å². The zero-order valence-corrected chi connectivity index (χ0v) is 15.6. The number of nitrogens with two attached hydrogens (primary N) is 1. The average Bonchev–Trinajstić information content (AvgIpc) is 2.66. The third-order valence-corrected chi connectivity index (χ3v) is 4.34. The highest BCUT2D eigenvalue weighted by Gasteiger charge is 2.34. The van der Waals surface area contributed by atoms with Gasteiger partial charge in [0.25, 0.3) is 0 Å². The molecule has 1 unspecified atom stereocenters. The fraction of sp³-hybridized carbons (Fsp3) is 0.500. The molecular weight excluding hydrogens is 399 g/mol. The largest absolute Gasteiger partial charge is 0.451 e. The molecule has 1 aliphatic heterocycles. The Hall–Kier alpha value is -2.24. The van der Waals surface area contributed by atoms with Crippen molar-refractivity contribution in [1.82, 2.24) is 25.3 Å². The molecule has 0 saturated carbocycles. The summed E-state index contributed by atoms with van der Waals surface area (Å²) in [5, 5.41) is 16.5. The molecule has 0 aromatic carbocycles. The van der Waals surface area contributed by atoms with Gasteiger partial charge in [-0.2, -0.15) is 13.2 Å². The lowest BCUT2D eigenvalue weighted by atomic mass is 9.90. The molecule has 1 atom stereocenters. The Balaban J connectivity index is 0.00000280. The van der Waals surface area contributed by atoms with Crippen LogP contribution < -0.4 is 16.4 Å². The van der Waals surface area contributed by atoms with E-state index < -0.39 is 18.1 Å². The minimum atomic E-state index is -4.64. The van der Waals surface area contributed by atoms with Crippen LogP contribution in [0.4, 0.5) is 24.9 Å². The molecule has 0 spiro atoms. The van der Waals surface area contributed by atoms with Gasteiger partial charge in [-0.3, -0.25) is 0 Å². The molecule has 3 heterocycles. The zero-order valence-electron chi connectivity index (χ0n) is 14.8. The summed E-state index contributed by atoms with van der Waals surface area (Å²) < 4.78 is 38.1. The average molecular weight is 420 g/mol. The van der Waals surface area contributed by atoms with E-state index in [-0.39, 0.29) is 36.6 Å². The van der Waals surface area contributed by atoms with Crippen molar-refractivity contribution < 1.29 is 18.3 Å². The van der Waals surface area contributed by atoms with E-state index in [4.69, 9.17) is 5.73 Å². The molecular formula is C16H21ClF3N7O. The number of rotatable bonds is 5. The minimum absolute atomic E-state index is 0. The van der Waals surface area contributed by atoms with Crippen LogP contribution in [-0.4, -0.2) is 44.7 Å². The summed E-state index contributed by atoms with van der Waals surface area (Å²) in [7, 11) is 0. The molecule has 1 fully saturated rings. The van der Waals surface area contributed by atoms with Gasteiger partial charge in [-0.05, 0) is 32.0 Å². The van der Waals surface area contributed by atoms with Gasteiger partial charge in [-0.15, -0.1) is 12.4 Å². The molecule has 3 rings (SSSR count). The molecule has 28 heavy (non-hydrogen) atoms. The molecule has 154 valence electrons. The lowest BCUT2D eigenvalue weighted by Gasteiger charge is -2.25. The summed E-state index contributed by atoms with van der Waals surface area (Å²) in [4.78, 5) is 14.9. The molecule has 2 aromatic heterocycles. The highest BCUT2D eigenvalue weighted by atomic mass is 35.5. The third-order valence-electron chi connectivity index (χ3n) is 4.34. The number of hydrogen-bond acceptors (Lipinski definition) is 8. The van der Waals surface area contributed by atoms with E-state index in [1.54, 1.807) is 0 Å². The van der Waals surface area contributed by atoms with E-state index in [2.05, 4.69) is 30.6 Å². The number of alkyl halides is 3. The second kappa shape index (κ2) is 9.30. The van der Waals surface area contributed by atoms with Crippen LogP contribution in [0.5, 0.6) is 0 Å². The van der Waals surface area contributed by atoms with Gasteiger partial charge < -0.3 is 21.5 Å². The van der Waals surface area contributed by atoms with E-state index >= 15 is 0 Å². The number of aromatic nitrogens is 4. The molecule has 0 amide bonds. The van der Waals surface area contributed by atoms with Crippen molar-refractivity contribution in [3.8, 4) is 0 Å². The smallest absolute Gasteiger partial charge is 0.386 e. The van der Waals surface area contributed by atoms with Gasteiger partial charge in [0.15, 0.2) is 0 Å². The summed E-state index contributed by atoms with van der Waals surface area (Å²) in [6.45, 7) is 1.62. The second-order valence-electron chi connectivity index (χ2n) is 6.25. The minimum Gasteiger partial charge on any atom is -0.386 e. The first kappa shape index (κ1) is 22.1. The fourth-order valence-corrected chi connectivity index (χ4v) is 3.00. The van der Waals surface area contributed by atoms with Crippen molar-refractivity contribution in [3.63, 3.8) is 0 Å². The molecule has 0 aliphatic carbocycles. The number of halogens is 4. The van der Waals surface area contributed by atoms with Crippen LogP contribution in [0.3, 0.4) is 0 Å². The lowest BCUT2D eigenvalue weighted by Crippen LogP contribution is -2.28. The van der Waals surface area contributed by atoms with Crippen molar-refractivity contribution in [3.05, 3.63) is 35.5 Å². The van der Waals surface area contributed by atoms with Gasteiger partial charge in [-0.25, -0.2) is 19.9 Å². The fourth-order valence-electron chi connectivity index (χ4n) is 3.00. The van der Waals surface area contributed by atoms with E-state index in [0.717, 1.165) is 32.1 Å². The summed E-state index contributed by atoms with van der Waals surface area (Å²) in [5.41, 5.74) is 6.88. The molecule has 0 bridgehead atoms. The number of nitrogens with one attached hydrogen (secondary N) is 2. The van der Waals surface area contributed by atoms with Crippen LogP contribution in [0.15, 0.2) is 18.5 Å². The molecule has 1 aliphatic rings. The standard InChI is InChI=1S/C16H20F3N7O.ClH/c17-16(18,19)14-22-6-3-12(25-14)23-8-11(27)10-7-24-15(20)26-13(10)9-1-4-21-5-2-9;/h3,6-7,9,11,21,27H,1-2,4-5,8H2,(H2,20,24,26)(H,22,23,25);1H. The van der Waals surface area contributed by atoms with Crippen LogP contribution >= 0.6 is 12.4 Å². The van der Waals surface area contributed by atoms with Gasteiger partial charge in [-0.1, -0.05) is 0 Å². The first-order chi connectivity index (χ1) is 12.8. The monoisotopic (exact) mass is 419 g/mol. The second-order valence-corrected chi connectivity index (χ2v) is 6.25. The Kier molecular flexibility index (Phi) is 7.33. The van der Waals surface area contributed by atoms with E-state index in [9.17, 15) is 18.3 Å². The number of aliphatic hydroxyl groups is 1. The summed E-state index contributed by atoms with van der Waals surface area (Å²) in [5.74, 6) is -1.01. The molecule has 12 heteroatoms. The van der Waals surface area contributed by atoms with Crippen LogP contribution in [0.25, 0.3) is 0 Å². The van der Waals surface area contributed by atoms with Gasteiger partial charge in [0.1, 0.15) is 5.82 Å². The van der Waals surface area contributed by atoms with Crippen LogP contribution in [0.2, 0.25) is 0 Å². The van der Waals surface area contributed by atoms with Crippen molar-refractivity contribution in [2.24, 2.45) is 0 Å². The summed E-state index contributed by atoms with van der Waals surface area (Å²) in [6.07, 6.45) is -1.48. The van der Waals surface area contributed by atoms with Crippen molar-refractivity contribution >= 4 is 24.2 Å². The van der Waals surface area contributed by atoms with Crippen molar-refractivity contribution in [2.45, 2.75) is 31.0 Å². The van der Waals surface area contributed by atoms with Gasteiger partial charge >= 0.3 is 6.18 Å². The number of nitrogen functional groups attached to an aromatic ring is 1. The maximum Gasteiger partial charge on any atom is 0.451 e. The number of nitrogens with zero attached hydrogens (tertiary/aromatic N) is 4. The third kappa shape index (κ3) is 5.40. The Morgan fingerprint density at radius 3 is 2.64 bits per heavy atom. The number of piperidine rings is 1. The van der Waals surface area contributed by atoms with Crippen LogP contribution in [-0.2, 0) is 6.18 Å². The maximum atomic E-state index is 12.7. The number of aliphatic hydroxyl groups excluding tert-OH is 1. The Morgan fingerprint density at radius 1 is 1.25 bits per heavy atom. The SMILES string of the molecule is Cl.Nc1ncc(C(O)CNc2ccnc(C(F)(F)F)n2)c(C2CCNCC2)n1. The van der Waals surface area contributed by atoms with Gasteiger partial charge in [0.2, 0.25) is 11.8 Å². The highest BCUT2D eigenvalue weighted by Crippen LogP contribution is 2.30. The Labute approximate surface area is 165 Å². The summed E-state index contributed by atoms with van der Waals surface area (Å²) in [6, 6.07) is 1.30. The number of anilines is 2. The van der Waals surface area contributed by atoms with Crippen LogP contribution in [0.1, 0.15) is 41.9 Å². The summed E-state index contributed by atoms with van der Waals surface area (Å²) >= 11 is 0. The topological polar surface area (TPSA) is 122 Å². The molecule has 8 nitrogen and oxygen atoms in total. The maximum absolute atomic E-state index is 12.7. The predicted octanol–water partition coefficient (Wildman–Crippen LogP) is 1.90. The van der Waals surface area contributed by atoms with Crippen LogP contribution in [0, 0.1) is 0 Å².